The van der Waals surface area contributed by atoms with E-state index < -0.39 is 0 Å². The molecule has 0 aromatic carbocycles. The maximum Gasteiger partial charge on any atom is 0.409 e. The summed E-state index contributed by atoms with van der Waals surface area (Å²) in [6, 6.07) is 5.65. The topological polar surface area (TPSA) is 93.5 Å². The lowest BCUT2D eigenvalue weighted by atomic mass is 10.2. The van der Waals surface area contributed by atoms with Gasteiger partial charge in [-0.25, -0.2) is 14.8 Å². The Hall–Kier alpha value is -3.49. The maximum absolute atomic E-state index is 12.9. The number of rotatable bonds is 4. The van der Waals surface area contributed by atoms with Gasteiger partial charge in [-0.1, -0.05) is 6.07 Å². The van der Waals surface area contributed by atoms with Crippen molar-refractivity contribution in [3.8, 4) is 0 Å². The molecule has 4 rings (SSSR count). The molecule has 1 aliphatic rings. The van der Waals surface area contributed by atoms with Crippen LogP contribution in [0.15, 0.2) is 43.1 Å². The van der Waals surface area contributed by atoms with Crippen molar-refractivity contribution in [2.24, 2.45) is 0 Å². The van der Waals surface area contributed by atoms with Gasteiger partial charge in [0.2, 0.25) is 0 Å². The Kier molecular flexibility index (Phi) is 5.37. The van der Waals surface area contributed by atoms with E-state index in [1.165, 1.54) is 0 Å². The van der Waals surface area contributed by atoms with E-state index in [-0.39, 0.29) is 12.0 Å². The summed E-state index contributed by atoms with van der Waals surface area (Å²) in [7, 11) is 0. The van der Waals surface area contributed by atoms with Crippen LogP contribution in [-0.4, -0.2) is 74.1 Å². The lowest BCUT2D eigenvalue weighted by molar-refractivity contribution is 0.0570. The smallest absolute Gasteiger partial charge is 0.409 e. The fourth-order valence-electron chi connectivity index (χ4n) is 3.36. The summed E-state index contributed by atoms with van der Waals surface area (Å²) in [4.78, 5) is 41.0. The van der Waals surface area contributed by atoms with E-state index >= 15 is 0 Å². The van der Waals surface area contributed by atoms with E-state index in [4.69, 9.17) is 4.74 Å². The summed E-state index contributed by atoms with van der Waals surface area (Å²) in [5.41, 5.74) is 2.93. The molecule has 0 atom stereocenters. The van der Waals surface area contributed by atoms with Crippen molar-refractivity contribution in [3.63, 3.8) is 0 Å². The molecule has 3 aromatic rings. The molecule has 9 nitrogen and oxygen atoms in total. The summed E-state index contributed by atoms with van der Waals surface area (Å²) in [5, 5.41) is 0. The van der Waals surface area contributed by atoms with Gasteiger partial charge in [0.15, 0.2) is 5.65 Å². The standard InChI is InChI=1S/C20H22N6O3/c1-2-29-20(28)25-8-6-24(7-9-25)19(27)16-10-17-18(22-12-16)26(14-23-17)13-15-4-3-5-21-11-15/h3-5,10-12,14H,2,6-9,13H2,1H3. The van der Waals surface area contributed by atoms with Gasteiger partial charge in [-0.2, -0.15) is 0 Å². The predicted molar refractivity (Wildman–Crippen MR) is 105 cm³/mol. The number of hydrogen-bond donors (Lipinski definition) is 0. The number of nitrogens with zero attached hydrogens (tertiary/aromatic N) is 6. The van der Waals surface area contributed by atoms with Crippen molar-refractivity contribution >= 4 is 23.2 Å². The Labute approximate surface area is 167 Å². The second kappa shape index (κ2) is 8.26. The number of carbonyl (C=O) groups is 2. The summed E-state index contributed by atoms with van der Waals surface area (Å²) >= 11 is 0. The Morgan fingerprint density at radius 3 is 2.62 bits per heavy atom. The van der Waals surface area contributed by atoms with Crippen molar-refractivity contribution in [1.82, 2.24) is 29.3 Å². The molecule has 0 bridgehead atoms. The summed E-state index contributed by atoms with van der Waals surface area (Å²) in [6.45, 7) is 4.58. The summed E-state index contributed by atoms with van der Waals surface area (Å²) < 4.78 is 6.94. The van der Waals surface area contributed by atoms with E-state index in [1.807, 2.05) is 16.7 Å². The average molecular weight is 394 g/mol. The fourth-order valence-corrected chi connectivity index (χ4v) is 3.36. The zero-order chi connectivity index (χ0) is 20.2. The Morgan fingerprint density at radius 2 is 1.90 bits per heavy atom. The van der Waals surface area contributed by atoms with Gasteiger partial charge in [0.25, 0.3) is 5.91 Å². The lowest BCUT2D eigenvalue weighted by Gasteiger charge is -2.34. The summed E-state index contributed by atoms with van der Waals surface area (Å²) in [5.74, 6) is -0.107. The number of amides is 2. The highest BCUT2D eigenvalue weighted by molar-refractivity contribution is 5.96. The van der Waals surface area contributed by atoms with E-state index in [0.717, 1.165) is 11.2 Å². The minimum Gasteiger partial charge on any atom is -0.450 e. The van der Waals surface area contributed by atoms with Crippen LogP contribution in [0.25, 0.3) is 11.2 Å². The van der Waals surface area contributed by atoms with Crippen LogP contribution in [-0.2, 0) is 11.3 Å². The van der Waals surface area contributed by atoms with Gasteiger partial charge in [0.1, 0.15) is 5.52 Å². The number of aromatic nitrogens is 4. The van der Waals surface area contributed by atoms with Crippen LogP contribution in [0.3, 0.4) is 0 Å². The second-order valence-corrected chi connectivity index (χ2v) is 6.78. The van der Waals surface area contributed by atoms with Gasteiger partial charge < -0.3 is 19.1 Å². The third-order valence-electron chi connectivity index (χ3n) is 4.87. The SMILES string of the molecule is CCOC(=O)N1CCN(C(=O)c2cnc3c(c2)ncn3Cc2cccnc2)CC1. The number of imidazole rings is 1. The van der Waals surface area contributed by atoms with Gasteiger partial charge in [-0.15, -0.1) is 0 Å². The van der Waals surface area contributed by atoms with E-state index in [1.54, 1.807) is 47.7 Å². The van der Waals surface area contributed by atoms with Crippen molar-refractivity contribution in [3.05, 3.63) is 54.2 Å². The molecule has 0 saturated carbocycles. The minimum atomic E-state index is -0.332. The molecule has 1 saturated heterocycles. The van der Waals surface area contributed by atoms with Crippen LogP contribution in [0.2, 0.25) is 0 Å². The number of ether oxygens (including phenoxy) is 1. The predicted octanol–water partition coefficient (Wildman–Crippen LogP) is 1.79. The van der Waals surface area contributed by atoms with Gasteiger partial charge >= 0.3 is 6.09 Å². The van der Waals surface area contributed by atoms with Crippen LogP contribution in [0.1, 0.15) is 22.8 Å². The molecule has 0 N–H and O–H groups in total. The average Bonchev–Trinajstić information content (AvgIpc) is 3.16. The van der Waals surface area contributed by atoms with Crippen molar-refractivity contribution in [2.45, 2.75) is 13.5 Å². The molecule has 0 radical (unpaired) electrons. The molecule has 3 aromatic heterocycles. The molecule has 1 aliphatic heterocycles. The van der Waals surface area contributed by atoms with Crippen LogP contribution in [0.5, 0.6) is 0 Å². The van der Waals surface area contributed by atoms with Crippen molar-refractivity contribution in [2.75, 3.05) is 32.8 Å². The highest BCUT2D eigenvalue weighted by Crippen LogP contribution is 2.16. The van der Waals surface area contributed by atoms with Crippen molar-refractivity contribution in [1.29, 1.82) is 0 Å². The molecular weight excluding hydrogens is 372 g/mol. The third-order valence-corrected chi connectivity index (χ3v) is 4.87. The van der Waals surface area contributed by atoms with Crippen LogP contribution < -0.4 is 0 Å². The first-order chi connectivity index (χ1) is 14.2. The number of piperazine rings is 1. The minimum absolute atomic E-state index is 0.107. The number of fused-ring (bicyclic) bond motifs is 1. The third kappa shape index (κ3) is 4.03. The molecule has 9 heteroatoms. The quantitative estimate of drug-likeness (QED) is 0.670. The van der Waals surface area contributed by atoms with Gasteiger partial charge in [-0.3, -0.25) is 9.78 Å². The number of hydrogen-bond acceptors (Lipinski definition) is 6. The lowest BCUT2D eigenvalue weighted by Crippen LogP contribution is -2.50. The van der Waals surface area contributed by atoms with E-state index in [9.17, 15) is 9.59 Å². The molecule has 0 unspecified atom stereocenters. The molecule has 29 heavy (non-hydrogen) atoms. The molecule has 0 aliphatic carbocycles. The highest BCUT2D eigenvalue weighted by atomic mass is 16.6. The normalized spacial score (nSPS) is 14.2. The van der Waals surface area contributed by atoms with Gasteiger partial charge in [-0.05, 0) is 24.6 Å². The van der Waals surface area contributed by atoms with Crippen LogP contribution >= 0.6 is 0 Å². The first-order valence-corrected chi connectivity index (χ1v) is 9.56. The van der Waals surface area contributed by atoms with Gasteiger partial charge in [0.05, 0.1) is 25.0 Å². The molecule has 0 spiro atoms. The Bertz CT molecular complexity index is 1010. The maximum atomic E-state index is 12.9. The first kappa shape index (κ1) is 18.9. The number of pyridine rings is 2. The molecule has 1 fully saturated rings. The van der Waals surface area contributed by atoms with E-state index in [0.29, 0.717) is 50.4 Å². The zero-order valence-corrected chi connectivity index (χ0v) is 16.2. The fraction of sp³-hybridized carbons (Fsp3) is 0.350. The number of carbonyl (C=O) groups excluding carboxylic acids is 2. The first-order valence-electron chi connectivity index (χ1n) is 9.56. The highest BCUT2D eigenvalue weighted by Gasteiger charge is 2.26. The van der Waals surface area contributed by atoms with Crippen LogP contribution in [0.4, 0.5) is 4.79 Å². The van der Waals surface area contributed by atoms with Crippen molar-refractivity contribution < 1.29 is 14.3 Å². The van der Waals surface area contributed by atoms with E-state index in [2.05, 4.69) is 15.0 Å². The monoisotopic (exact) mass is 394 g/mol. The zero-order valence-electron chi connectivity index (χ0n) is 16.2. The van der Waals surface area contributed by atoms with Crippen LogP contribution in [0, 0.1) is 0 Å². The molecular formula is C20H22N6O3. The summed E-state index contributed by atoms with van der Waals surface area (Å²) in [6.07, 6.45) is 6.51. The Balaban J connectivity index is 1.45. The molecule has 150 valence electrons. The molecule has 4 heterocycles. The second-order valence-electron chi connectivity index (χ2n) is 6.78. The Morgan fingerprint density at radius 1 is 1.10 bits per heavy atom. The van der Waals surface area contributed by atoms with Gasteiger partial charge in [0, 0.05) is 44.8 Å². The molecule has 2 amide bonds. The largest absolute Gasteiger partial charge is 0.450 e.